The molecule has 0 unspecified atom stereocenters. The van der Waals surface area contributed by atoms with Crippen molar-refractivity contribution < 1.29 is 13.2 Å². The van der Waals surface area contributed by atoms with E-state index in [0.29, 0.717) is 5.56 Å². The van der Waals surface area contributed by atoms with Gasteiger partial charge in [-0.2, -0.15) is 0 Å². The zero-order chi connectivity index (χ0) is 17.2. The van der Waals surface area contributed by atoms with Gasteiger partial charge in [-0.15, -0.1) is 0 Å². The fourth-order valence-corrected chi connectivity index (χ4v) is 3.47. The van der Waals surface area contributed by atoms with Crippen molar-refractivity contribution >= 4 is 38.3 Å². The molecule has 0 aromatic heterocycles. The fraction of sp³-hybridized carbons (Fsp3) is 0.235. The van der Waals surface area contributed by atoms with Gasteiger partial charge in [-0.05, 0) is 59.3 Å². The van der Waals surface area contributed by atoms with Gasteiger partial charge in [-0.3, -0.25) is 4.79 Å². The highest BCUT2D eigenvalue weighted by Gasteiger charge is 2.20. The lowest BCUT2D eigenvalue weighted by molar-refractivity contribution is 0.0741. The molecule has 122 valence electrons. The zero-order valence-electron chi connectivity index (χ0n) is 13.2. The third-order valence-electron chi connectivity index (χ3n) is 3.80. The Labute approximate surface area is 150 Å². The summed E-state index contributed by atoms with van der Waals surface area (Å²) in [4.78, 5) is 14.6. The van der Waals surface area contributed by atoms with E-state index < -0.39 is 9.84 Å². The van der Waals surface area contributed by atoms with Crippen LogP contribution in [0.25, 0.3) is 0 Å². The maximum Gasteiger partial charge on any atom is 0.255 e. The van der Waals surface area contributed by atoms with Crippen molar-refractivity contribution in [3.8, 4) is 0 Å². The summed E-state index contributed by atoms with van der Waals surface area (Å²) < 4.78 is 23.9. The van der Waals surface area contributed by atoms with Gasteiger partial charge in [0.15, 0.2) is 9.84 Å². The molecule has 0 fully saturated rings. The molecule has 1 atom stereocenters. The van der Waals surface area contributed by atoms with Crippen LogP contribution in [0.15, 0.2) is 53.4 Å². The molecule has 0 aliphatic carbocycles. The van der Waals surface area contributed by atoms with Crippen LogP contribution in [0.5, 0.6) is 0 Å². The number of rotatable bonds is 4. The monoisotopic (exact) mass is 443 g/mol. The number of benzene rings is 2. The zero-order valence-corrected chi connectivity index (χ0v) is 16.1. The molecule has 0 aliphatic heterocycles. The number of nitrogens with zero attached hydrogens (tertiary/aromatic N) is 1. The standard InChI is InChI=1S/C17H18INO3S/c1-12(13-8-10-14(11-9-13)23(3,21)22)19(2)17(20)15-6-4-5-7-16(15)18/h4-12H,1-3H3/t12-/m1/s1. The van der Waals surface area contributed by atoms with Gasteiger partial charge < -0.3 is 4.90 Å². The Morgan fingerprint density at radius 2 is 1.65 bits per heavy atom. The predicted octanol–water partition coefficient (Wildman–Crippen LogP) is 3.53. The van der Waals surface area contributed by atoms with Gasteiger partial charge in [0, 0.05) is 16.9 Å². The van der Waals surface area contributed by atoms with Crippen LogP contribution in [0.4, 0.5) is 0 Å². The largest absolute Gasteiger partial charge is 0.335 e. The van der Waals surface area contributed by atoms with E-state index >= 15 is 0 Å². The summed E-state index contributed by atoms with van der Waals surface area (Å²) in [6.07, 6.45) is 1.18. The molecule has 1 amide bonds. The highest BCUT2D eigenvalue weighted by atomic mass is 127. The summed E-state index contributed by atoms with van der Waals surface area (Å²) in [5, 5.41) is 0. The average molecular weight is 443 g/mol. The minimum atomic E-state index is -3.21. The van der Waals surface area contributed by atoms with Crippen molar-refractivity contribution in [3.63, 3.8) is 0 Å². The number of sulfone groups is 1. The van der Waals surface area contributed by atoms with Crippen LogP contribution in [0.2, 0.25) is 0 Å². The Hall–Kier alpha value is -1.41. The summed E-state index contributed by atoms with van der Waals surface area (Å²) in [5.74, 6) is -0.0605. The van der Waals surface area contributed by atoms with Gasteiger partial charge in [0.05, 0.1) is 16.5 Å². The molecule has 0 heterocycles. The maximum atomic E-state index is 12.6. The maximum absolute atomic E-state index is 12.6. The number of hydrogen-bond acceptors (Lipinski definition) is 3. The minimum absolute atomic E-state index is 0.0605. The van der Waals surface area contributed by atoms with E-state index in [4.69, 9.17) is 0 Å². The minimum Gasteiger partial charge on any atom is -0.335 e. The van der Waals surface area contributed by atoms with Crippen molar-refractivity contribution in [1.29, 1.82) is 0 Å². The van der Waals surface area contributed by atoms with Gasteiger partial charge in [0.25, 0.3) is 5.91 Å². The van der Waals surface area contributed by atoms with Crippen molar-refractivity contribution in [2.24, 2.45) is 0 Å². The number of amides is 1. The summed E-state index contributed by atoms with van der Waals surface area (Å²) in [7, 11) is -1.46. The molecule has 0 saturated carbocycles. The molecule has 0 N–H and O–H groups in total. The molecule has 0 aliphatic rings. The number of carbonyl (C=O) groups excluding carboxylic acids is 1. The molecule has 4 nitrogen and oxygen atoms in total. The number of halogens is 1. The molecular weight excluding hydrogens is 425 g/mol. The van der Waals surface area contributed by atoms with Gasteiger partial charge in [0.1, 0.15) is 0 Å². The molecule has 0 radical (unpaired) electrons. The van der Waals surface area contributed by atoms with Crippen LogP contribution >= 0.6 is 22.6 Å². The number of hydrogen-bond donors (Lipinski definition) is 0. The Morgan fingerprint density at radius 3 is 2.17 bits per heavy atom. The van der Waals surface area contributed by atoms with Crippen LogP contribution in [-0.4, -0.2) is 32.5 Å². The van der Waals surface area contributed by atoms with Crippen molar-refractivity contribution in [2.75, 3.05) is 13.3 Å². The summed E-state index contributed by atoms with van der Waals surface area (Å²) in [5.41, 5.74) is 1.55. The third kappa shape index (κ3) is 4.11. The topological polar surface area (TPSA) is 54.5 Å². The van der Waals surface area contributed by atoms with E-state index in [1.807, 2.05) is 25.1 Å². The first-order valence-corrected chi connectivity index (χ1v) is 10.0. The highest BCUT2D eigenvalue weighted by Crippen LogP contribution is 2.23. The normalized spacial score (nSPS) is 12.7. The van der Waals surface area contributed by atoms with Gasteiger partial charge in [-0.1, -0.05) is 24.3 Å². The van der Waals surface area contributed by atoms with Crippen LogP contribution in [0.1, 0.15) is 28.9 Å². The van der Waals surface area contributed by atoms with Crippen molar-refractivity contribution in [3.05, 3.63) is 63.2 Å². The van der Waals surface area contributed by atoms with Crippen LogP contribution < -0.4 is 0 Å². The second kappa shape index (κ2) is 7.00. The lowest BCUT2D eigenvalue weighted by Gasteiger charge is -2.26. The third-order valence-corrected chi connectivity index (χ3v) is 5.87. The molecule has 23 heavy (non-hydrogen) atoms. The first kappa shape index (κ1) is 17.9. The second-order valence-corrected chi connectivity index (χ2v) is 8.59. The predicted molar refractivity (Wildman–Crippen MR) is 99.2 cm³/mol. The van der Waals surface area contributed by atoms with E-state index in [9.17, 15) is 13.2 Å². The van der Waals surface area contributed by atoms with E-state index in [2.05, 4.69) is 22.6 Å². The summed E-state index contributed by atoms with van der Waals surface area (Å²) >= 11 is 2.15. The van der Waals surface area contributed by atoms with E-state index in [-0.39, 0.29) is 16.8 Å². The van der Waals surface area contributed by atoms with Crippen LogP contribution in [0.3, 0.4) is 0 Å². The molecule has 0 saturated heterocycles. The second-order valence-electron chi connectivity index (χ2n) is 5.41. The smallest absolute Gasteiger partial charge is 0.255 e. The molecule has 2 aromatic rings. The Balaban J connectivity index is 2.24. The first-order valence-electron chi connectivity index (χ1n) is 7.03. The molecule has 2 rings (SSSR count). The summed E-state index contributed by atoms with van der Waals surface area (Å²) in [6, 6.07) is 13.9. The van der Waals surface area contributed by atoms with Crippen molar-refractivity contribution in [1.82, 2.24) is 4.90 Å². The van der Waals surface area contributed by atoms with E-state index in [1.165, 1.54) is 6.26 Å². The average Bonchev–Trinajstić information content (AvgIpc) is 2.52. The van der Waals surface area contributed by atoms with Crippen LogP contribution in [-0.2, 0) is 9.84 Å². The van der Waals surface area contributed by atoms with Gasteiger partial charge >= 0.3 is 0 Å². The molecule has 2 aromatic carbocycles. The van der Waals surface area contributed by atoms with E-state index in [0.717, 1.165) is 9.13 Å². The lowest BCUT2D eigenvalue weighted by atomic mass is 10.1. The molecule has 0 bridgehead atoms. The Bertz CT molecular complexity index is 816. The molecule has 6 heteroatoms. The molecule has 0 spiro atoms. The SMILES string of the molecule is C[C@H](c1ccc(S(C)(=O)=O)cc1)N(C)C(=O)c1ccccc1I. The lowest BCUT2D eigenvalue weighted by Crippen LogP contribution is -2.30. The Kier molecular flexibility index (Phi) is 5.46. The number of carbonyl (C=O) groups is 1. The Morgan fingerprint density at radius 1 is 1.09 bits per heavy atom. The van der Waals surface area contributed by atoms with Gasteiger partial charge in [0.2, 0.25) is 0 Å². The molecular formula is C17H18INO3S. The highest BCUT2D eigenvalue weighted by molar-refractivity contribution is 14.1. The van der Waals surface area contributed by atoms with Crippen LogP contribution in [0, 0.1) is 3.57 Å². The first-order chi connectivity index (χ1) is 10.7. The van der Waals surface area contributed by atoms with Gasteiger partial charge in [-0.25, -0.2) is 8.42 Å². The van der Waals surface area contributed by atoms with Crippen molar-refractivity contribution in [2.45, 2.75) is 17.9 Å². The summed E-state index contributed by atoms with van der Waals surface area (Å²) in [6.45, 7) is 1.92. The van der Waals surface area contributed by atoms with E-state index in [1.54, 1.807) is 42.3 Å². The fourth-order valence-electron chi connectivity index (χ4n) is 2.22. The quantitative estimate of drug-likeness (QED) is 0.680.